The van der Waals surface area contributed by atoms with Crippen molar-refractivity contribution in [2.75, 3.05) is 6.61 Å². The summed E-state index contributed by atoms with van der Waals surface area (Å²) in [5.74, 6) is -2.49. The molecule has 1 aromatic rings. The summed E-state index contributed by atoms with van der Waals surface area (Å²) in [6, 6.07) is 0.761. The summed E-state index contributed by atoms with van der Waals surface area (Å²) in [7, 11) is 0. The average Bonchev–Trinajstić information content (AvgIpc) is 3.13. The van der Waals surface area contributed by atoms with E-state index in [1.54, 1.807) is 6.07 Å². The number of ketones is 1. The molecule has 0 aromatic carbocycles. The third-order valence-electron chi connectivity index (χ3n) is 5.94. The second kappa shape index (κ2) is 8.35. The van der Waals surface area contributed by atoms with Gasteiger partial charge in [-0.2, -0.15) is 0 Å². The van der Waals surface area contributed by atoms with Crippen molar-refractivity contribution < 1.29 is 23.9 Å². The number of esters is 1. The SMILES string of the molecule is CCCn1c(C)cc(C(=O)COC(=O)[C@H](C)N2C(=O)[C@H]3CC=CC[C@H]3C2=O)c1C. The lowest BCUT2D eigenvalue weighted by Gasteiger charge is -2.21. The molecule has 7 nitrogen and oxygen atoms in total. The number of hydrogen-bond acceptors (Lipinski definition) is 5. The van der Waals surface area contributed by atoms with E-state index in [1.165, 1.54) is 6.92 Å². The number of aromatic nitrogens is 1. The molecule has 7 heteroatoms. The number of carbonyl (C=O) groups is 4. The molecule has 1 fully saturated rings. The standard InChI is InChI=1S/C22H28N2O5/c1-5-10-23-13(2)11-18(14(23)3)19(25)12-29-22(28)15(4)24-20(26)16-8-6-7-9-17(16)21(24)27/h6-7,11,15-17H,5,8-10,12H2,1-4H3/t15-,16-,17+/m0/s1. The van der Waals surface area contributed by atoms with E-state index in [0.29, 0.717) is 18.4 Å². The Hall–Kier alpha value is -2.70. The van der Waals surface area contributed by atoms with Gasteiger partial charge in [-0.15, -0.1) is 0 Å². The normalized spacial score (nSPS) is 22.0. The number of nitrogens with zero attached hydrogens (tertiary/aromatic N) is 2. The summed E-state index contributed by atoms with van der Waals surface area (Å²) in [6.45, 7) is 7.75. The van der Waals surface area contributed by atoms with Gasteiger partial charge in [0.05, 0.1) is 11.8 Å². The molecule has 0 radical (unpaired) electrons. The van der Waals surface area contributed by atoms with Crippen molar-refractivity contribution in [2.45, 2.75) is 59.5 Å². The van der Waals surface area contributed by atoms with Crippen molar-refractivity contribution in [3.05, 3.63) is 35.2 Å². The number of aryl methyl sites for hydroxylation is 1. The number of carbonyl (C=O) groups excluding carboxylic acids is 4. The average molecular weight is 400 g/mol. The largest absolute Gasteiger partial charge is 0.456 e. The van der Waals surface area contributed by atoms with Gasteiger partial charge in [0.2, 0.25) is 17.6 Å². The Morgan fingerprint density at radius 2 is 1.72 bits per heavy atom. The van der Waals surface area contributed by atoms with Crippen LogP contribution < -0.4 is 0 Å². The predicted octanol–water partition coefficient (Wildman–Crippen LogP) is 2.58. The molecule has 0 spiro atoms. The number of ether oxygens (including phenoxy) is 1. The molecule has 0 saturated carbocycles. The first-order valence-electron chi connectivity index (χ1n) is 10.2. The number of Topliss-reactive ketones (excluding diaryl/α,β-unsaturated/α-hetero) is 1. The predicted molar refractivity (Wildman–Crippen MR) is 106 cm³/mol. The Balaban J connectivity index is 1.64. The summed E-state index contributed by atoms with van der Waals surface area (Å²) in [6.07, 6.45) is 5.77. The van der Waals surface area contributed by atoms with Crippen LogP contribution in [0.25, 0.3) is 0 Å². The van der Waals surface area contributed by atoms with Gasteiger partial charge in [0.1, 0.15) is 6.04 Å². The smallest absolute Gasteiger partial charge is 0.329 e. The third kappa shape index (κ3) is 3.78. The van der Waals surface area contributed by atoms with Crippen molar-refractivity contribution in [1.29, 1.82) is 0 Å². The van der Waals surface area contributed by atoms with Crippen LogP contribution in [-0.4, -0.2) is 45.7 Å². The molecule has 3 rings (SSSR count). The summed E-state index contributed by atoms with van der Waals surface area (Å²) in [5.41, 5.74) is 2.36. The van der Waals surface area contributed by atoms with Crippen LogP contribution in [0.1, 0.15) is 54.9 Å². The van der Waals surface area contributed by atoms with Crippen LogP contribution in [-0.2, 0) is 25.7 Å². The molecule has 156 valence electrons. The molecule has 0 N–H and O–H groups in total. The molecule has 1 aliphatic carbocycles. The number of allylic oxidation sites excluding steroid dienone is 2. The highest BCUT2D eigenvalue weighted by atomic mass is 16.5. The van der Waals surface area contributed by atoms with Crippen LogP contribution in [0.3, 0.4) is 0 Å². The lowest BCUT2D eigenvalue weighted by molar-refractivity contribution is -0.157. The van der Waals surface area contributed by atoms with Crippen LogP contribution in [0.15, 0.2) is 18.2 Å². The van der Waals surface area contributed by atoms with Crippen LogP contribution in [0.5, 0.6) is 0 Å². The second-order valence-electron chi connectivity index (χ2n) is 7.85. The first-order valence-corrected chi connectivity index (χ1v) is 10.2. The molecule has 2 aliphatic rings. The van der Waals surface area contributed by atoms with Crippen molar-refractivity contribution in [1.82, 2.24) is 9.47 Å². The molecule has 1 aromatic heterocycles. The van der Waals surface area contributed by atoms with E-state index >= 15 is 0 Å². The zero-order valence-electron chi connectivity index (χ0n) is 17.4. The van der Waals surface area contributed by atoms with Crippen molar-refractivity contribution in [3.63, 3.8) is 0 Å². The first-order chi connectivity index (χ1) is 13.8. The van der Waals surface area contributed by atoms with Crippen LogP contribution in [0, 0.1) is 25.7 Å². The number of imide groups is 1. The molecule has 2 amide bonds. The Labute approximate surface area is 170 Å². The van der Waals surface area contributed by atoms with Crippen LogP contribution in [0.4, 0.5) is 0 Å². The highest BCUT2D eigenvalue weighted by Gasteiger charge is 2.50. The van der Waals surface area contributed by atoms with Gasteiger partial charge in [-0.3, -0.25) is 19.3 Å². The minimum atomic E-state index is -1.04. The Morgan fingerprint density at radius 1 is 1.14 bits per heavy atom. The van der Waals surface area contributed by atoms with Gasteiger partial charge in [-0.25, -0.2) is 4.79 Å². The third-order valence-corrected chi connectivity index (χ3v) is 5.94. The summed E-state index contributed by atoms with van der Waals surface area (Å²) >= 11 is 0. The van der Waals surface area contributed by atoms with E-state index in [1.807, 2.05) is 26.0 Å². The van der Waals surface area contributed by atoms with Gasteiger partial charge < -0.3 is 9.30 Å². The molecule has 2 heterocycles. The second-order valence-corrected chi connectivity index (χ2v) is 7.85. The van der Waals surface area contributed by atoms with E-state index in [0.717, 1.165) is 29.3 Å². The number of amides is 2. The first kappa shape index (κ1) is 21.0. The van der Waals surface area contributed by atoms with Crippen LogP contribution in [0.2, 0.25) is 0 Å². The summed E-state index contributed by atoms with van der Waals surface area (Å²) < 4.78 is 7.25. The Morgan fingerprint density at radius 3 is 2.28 bits per heavy atom. The monoisotopic (exact) mass is 400 g/mol. The van der Waals surface area contributed by atoms with Gasteiger partial charge in [0.15, 0.2) is 6.61 Å². The van der Waals surface area contributed by atoms with Crippen molar-refractivity contribution in [3.8, 4) is 0 Å². The molecule has 0 bridgehead atoms. The zero-order chi connectivity index (χ0) is 21.3. The van der Waals surface area contributed by atoms with E-state index in [2.05, 4.69) is 11.5 Å². The van der Waals surface area contributed by atoms with Crippen LogP contribution >= 0.6 is 0 Å². The number of likely N-dealkylation sites (tertiary alicyclic amines) is 1. The maximum atomic E-state index is 12.6. The Bertz CT molecular complexity index is 856. The minimum absolute atomic E-state index is 0.294. The topological polar surface area (TPSA) is 85.7 Å². The Kier molecular flexibility index (Phi) is 6.05. The molecule has 29 heavy (non-hydrogen) atoms. The number of rotatable bonds is 7. The van der Waals surface area contributed by atoms with Crippen molar-refractivity contribution in [2.24, 2.45) is 11.8 Å². The molecule has 0 unspecified atom stereocenters. The summed E-state index contributed by atoms with van der Waals surface area (Å²) in [5, 5.41) is 0. The lowest BCUT2D eigenvalue weighted by atomic mass is 9.85. The summed E-state index contributed by atoms with van der Waals surface area (Å²) in [4.78, 5) is 51.3. The molecular weight excluding hydrogens is 372 g/mol. The van der Waals surface area contributed by atoms with Gasteiger partial charge >= 0.3 is 5.97 Å². The fourth-order valence-electron chi connectivity index (χ4n) is 4.30. The highest BCUT2D eigenvalue weighted by Crippen LogP contribution is 2.36. The zero-order valence-corrected chi connectivity index (χ0v) is 17.4. The van der Waals surface area contributed by atoms with E-state index in [4.69, 9.17) is 4.74 Å². The molecular formula is C22H28N2O5. The maximum Gasteiger partial charge on any atom is 0.329 e. The van der Waals surface area contributed by atoms with Gasteiger partial charge in [-0.05, 0) is 46.1 Å². The quantitative estimate of drug-likeness (QED) is 0.304. The fourth-order valence-corrected chi connectivity index (χ4v) is 4.30. The molecule has 3 atom stereocenters. The minimum Gasteiger partial charge on any atom is -0.456 e. The van der Waals surface area contributed by atoms with E-state index in [-0.39, 0.29) is 17.6 Å². The van der Waals surface area contributed by atoms with E-state index < -0.39 is 30.5 Å². The van der Waals surface area contributed by atoms with Crippen molar-refractivity contribution >= 4 is 23.6 Å². The lowest BCUT2D eigenvalue weighted by Crippen LogP contribution is -2.44. The van der Waals surface area contributed by atoms with Gasteiger partial charge in [0, 0.05) is 23.5 Å². The fraction of sp³-hybridized carbons (Fsp3) is 0.545. The van der Waals surface area contributed by atoms with Gasteiger partial charge in [0.25, 0.3) is 0 Å². The molecule has 1 aliphatic heterocycles. The number of hydrogen-bond donors (Lipinski definition) is 0. The highest BCUT2D eigenvalue weighted by molar-refractivity contribution is 6.08. The maximum absolute atomic E-state index is 12.6. The van der Waals surface area contributed by atoms with E-state index in [9.17, 15) is 19.2 Å². The van der Waals surface area contributed by atoms with Gasteiger partial charge in [-0.1, -0.05) is 19.1 Å². The molecule has 1 saturated heterocycles. The number of fused-ring (bicyclic) bond motifs is 1.